The summed E-state index contributed by atoms with van der Waals surface area (Å²) in [5.41, 5.74) is 5.11. The third-order valence-corrected chi connectivity index (χ3v) is 6.46. The van der Waals surface area contributed by atoms with E-state index in [1.54, 1.807) is 18.8 Å². The van der Waals surface area contributed by atoms with E-state index >= 15 is 0 Å². The number of nitrogens with zero attached hydrogens (tertiary/aromatic N) is 3. The third-order valence-electron chi connectivity index (χ3n) is 6.46. The van der Waals surface area contributed by atoms with Crippen molar-refractivity contribution < 1.29 is 13.9 Å². The molecule has 0 spiro atoms. The van der Waals surface area contributed by atoms with Gasteiger partial charge in [0, 0.05) is 50.0 Å². The Balaban J connectivity index is 1.23. The molecule has 0 unspecified atom stereocenters. The lowest BCUT2D eigenvalue weighted by atomic mass is 10.0. The van der Waals surface area contributed by atoms with Crippen LogP contribution in [-0.4, -0.2) is 40.9 Å². The summed E-state index contributed by atoms with van der Waals surface area (Å²) in [4.78, 5) is 2.45. The number of nitrogens with one attached hydrogen (secondary N) is 1. The quantitative estimate of drug-likeness (QED) is 0.549. The summed E-state index contributed by atoms with van der Waals surface area (Å²) < 4.78 is 19.4. The number of furan rings is 1. The van der Waals surface area contributed by atoms with Gasteiger partial charge in [0.2, 0.25) is 0 Å². The summed E-state index contributed by atoms with van der Waals surface area (Å²) in [6.07, 6.45) is 15.4. The van der Waals surface area contributed by atoms with Gasteiger partial charge in [-0.05, 0) is 54.8 Å². The zero-order valence-electron chi connectivity index (χ0n) is 19.5. The zero-order chi connectivity index (χ0) is 23.5. The number of rotatable bonds is 6. The molecule has 0 radical (unpaired) electrons. The van der Waals surface area contributed by atoms with Gasteiger partial charge in [-0.25, -0.2) is 4.68 Å². The van der Waals surface area contributed by atoms with Crippen molar-refractivity contribution in [3.8, 4) is 17.1 Å². The van der Waals surface area contributed by atoms with Crippen molar-refractivity contribution in [2.45, 2.75) is 19.4 Å². The number of hydrogen-bond acceptors (Lipinski definition) is 6. The maximum atomic E-state index is 6.16. The van der Waals surface area contributed by atoms with Gasteiger partial charge in [-0.15, -0.1) is 0 Å². The van der Waals surface area contributed by atoms with Crippen LogP contribution in [0.15, 0.2) is 95.4 Å². The second-order valence-electron chi connectivity index (χ2n) is 8.86. The summed E-state index contributed by atoms with van der Waals surface area (Å²) >= 11 is 0. The first-order chi connectivity index (χ1) is 17.3. The lowest BCUT2D eigenvalue weighted by Crippen LogP contribution is -2.42. The SMILES string of the molecule is C1=CCCC(C2=COC=C(c3ccc(-n4cc(CN5CCNCC5)c(-c5ccco5)n4)cc3)O2)=C1. The van der Waals surface area contributed by atoms with Gasteiger partial charge in [-0.2, -0.15) is 5.10 Å². The van der Waals surface area contributed by atoms with Crippen molar-refractivity contribution in [3.05, 3.63) is 102 Å². The van der Waals surface area contributed by atoms with Crippen molar-refractivity contribution in [1.82, 2.24) is 20.0 Å². The highest BCUT2D eigenvalue weighted by Crippen LogP contribution is 2.31. The molecule has 0 amide bonds. The molecule has 0 atom stereocenters. The molecule has 1 saturated heterocycles. The molecule has 1 N–H and O–H groups in total. The Labute approximate surface area is 204 Å². The maximum absolute atomic E-state index is 6.16. The summed E-state index contributed by atoms with van der Waals surface area (Å²) in [5.74, 6) is 2.25. The summed E-state index contributed by atoms with van der Waals surface area (Å²) in [6, 6.07) is 12.0. The molecular formula is C28H28N4O3. The molecule has 1 aliphatic carbocycles. The number of ether oxygens (including phenoxy) is 2. The minimum absolute atomic E-state index is 0.695. The maximum Gasteiger partial charge on any atom is 0.169 e. The highest BCUT2D eigenvalue weighted by Gasteiger charge is 2.20. The highest BCUT2D eigenvalue weighted by molar-refractivity contribution is 5.63. The second kappa shape index (κ2) is 9.82. The Kier molecular flexibility index (Phi) is 6.09. The van der Waals surface area contributed by atoms with Crippen LogP contribution in [0.4, 0.5) is 0 Å². The van der Waals surface area contributed by atoms with E-state index in [4.69, 9.17) is 19.0 Å². The molecule has 7 nitrogen and oxygen atoms in total. The molecule has 0 bridgehead atoms. The normalized spacial score (nSPS) is 18.3. The molecule has 1 aromatic carbocycles. The molecule has 3 aromatic rings. The number of piperazine rings is 1. The average molecular weight is 469 g/mol. The van der Waals surface area contributed by atoms with E-state index in [0.717, 1.165) is 85.2 Å². The molecule has 4 heterocycles. The van der Waals surface area contributed by atoms with E-state index in [9.17, 15) is 0 Å². The van der Waals surface area contributed by atoms with Crippen LogP contribution in [0.25, 0.3) is 22.9 Å². The number of allylic oxidation sites excluding steroid dienone is 4. The predicted octanol–water partition coefficient (Wildman–Crippen LogP) is 5.00. The molecule has 7 heteroatoms. The van der Waals surface area contributed by atoms with E-state index in [1.807, 2.05) is 41.1 Å². The van der Waals surface area contributed by atoms with E-state index in [1.165, 1.54) is 0 Å². The van der Waals surface area contributed by atoms with Crippen molar-refractivity contribution in [1.29, 1.82) is 0 Å². The fraction of sp³-hybridized carbons (Fsp3) is 0.250. The van der Waals surface area contributed by atoms with Gasteiger partial charge in [-0.1, -0.05) is 18.2 Å². The lowest BCUT2D eigenvalue weighted by Gasteiger charge is -2.26. The number of hydrogen-bond donors (Lipinski definition) is 1. The molecule has 6 rings (SSSR count). The second-order valence-corrected chi connectivity index (χ2v) is 8.86. The third kappa shape index (κ3) is 4.73. The van der Waals surface area contributed by atoms with E-state index < -0.39 is 0 Å². The zero-order valence-corrected chi connectivity index (χ0v) is 19.5. The summed E-state index contributed by atoms with van der Waals surface area (Å²) in [6.45, 7) is 4.92. The van der Waals surface area contributed by atoms with Crippen LogP contribution in [0, 0.1) is 0 Å². The van der Waals surface area contributed by atoms with Gasteiger partial charge >= 0.3 is 0 Å². The molecule has 0 saturated carbocycles. The van der Waals surface area contributed by atoms with E-state index in [-0.39, 0.29) is 0 Å². The molecule has 2 aliphatic heterocycles. The van der Waals surface area contributed by atoms with Crippen LogP contribution in [-0.2, 0) is 16.0 Å². The monoisotopic (exact) mass is 468 g/mol. The van der Waals surface area contributed by atoms with Crippen LogP contribution in [0.3, 0.4) is 0 Å². The van der Waals surface area contributed by atoms with Gasteiger partial charge in [0.05, 0.1) is 12.0 Å². The average Bonchev–Trinajstić information content (AvgIpc) is 3.60. The van der Waals surface area contributed by atoms with Crippen molar-refractivity contribution in [2.24, 2.45) is 0 Å². The first-order valence-corrected chi connectivity index (χ1v) is 12.1. The van der Waals surface area contributed by atoms with Crippen molar-refractivity contribution in [2.75, 3.05) is 26.2 Å². The van der Waals surface area contributed by atoms with Gasteiger partial charge in [0.1, 0.15) is 18.2 Å². The topological polar surface area (TPSA) is 64.7 Å². The Bertz CT molecular complexity index is 1290. The minimum Gasteiger partial charge on any atom is -0.465 e. The van der Waals surface area contributed by atoms with E-state index in [2.05, 4.69) is 34.6 Å². The standard InChI is InChI=1S/C28H28N4O3/c1-2-5-21(6-3-1)26-19-33-20-27(35-26)22-8-10-24(11-9-22)32-18-23(17-31-14-12-29-13-15-31)28(30-32)25-7-4-16-34-25/h1-2,4-5,7-11,16,18-20,29H,3,6,12-15,17H2. The molecule has 2 aromatic heterocycles. The summed E-state index contributed by atoms with van der Waals surface area (Å²) in [5, 5.41) is 8.30. The highest BCUT2D eigenvalue weighted by atomic mass is 16.5. The minimum atomic E-state index is 0.695. The molecule has 3 aliphatic rings. The summed E-state index contributed by atoms with van der Waals surface area (Å²) in [7, 11) is 0. The van der Waals surface area contributed by atoms with Crippen LogP contribution in [0.2, 0.25) is 0 Å². The molecule has 35 heavy (non-hydrogen) atoms. The van der Waals surface area contributed by atoms with Crippen molar-refractivity contribution in [3.63, 3.8) is 0 Å². The fourth-order valence-electron chi connectivity index (χ4n) is 4.57. The van der Waals surface area contributed by atoms with Gasteiger partial charge < -0.3 is 19.2 Å². The van der Waals surface area contributed by atoms with Crippen LogP contribution in [0.5, 0.6) is 0 Å². The Morgan fingerprint density at radius 2 is 1.86 bits per heavy atom. The Morgan fingerprint density at radius 3 is 2.63 bits per heavy atom. The Hall–Kier alpha value is -3.81. The smallest absolute Gasteiger partial charge is 0.169 e. The molecular weight excluding hydrogens is 440 g/mol. The van der Waals surface area contributed by atoms with Crippen LogP contribution >= 0.6 is 0 Å². The predicted molar refractivity (Wildman–Crippen MR) is 134 cm³/mol. The van der Waals surface area contributed by atoms with Gasteiger partial charge in [0.25, 0.3) is 0 Å². The largest absolute Gasteiger partial charge is 0.465 e. The van der Waals surface area contributed by atoms with Gasteiger partial charge in [0.15, 0.2) is 17.3 Å². The lowest BCUT2D eigenvalue weighted by molar-refractivity contribution is 0.233. The fourth-order valence-corrected chi connectivity index (χ4v) is 4.57. The van der Waals surface area contributed by atoms with Gasteiger partial charge in [-0.3, -0.25) is 4.90 Å². The van der Waals surface area contributed by atoms with E-state index in [0.29, 0.717) is 5.76 Å². The molecule has 1 fully saturated rings. The Morgan fingerprint density at radius 1 is 1.00 bits per heavy atom. The number of benzene rings is 1. The first-order valence-electron chi connectivity index (χ1n) is 12.1. The van der Waals surface area contributed by atoms with Crippen LogP contribution < -0.4 is 5.32 Å². The molecule has 178 valence electrons. The van der Waals surface area contributed by atoms with Crippen molar-refractivity contribution >= 4 is 5.76 Å². The number of aromatic nitrogens is 2. The first kappa shape index (κ1) is 21.7. The van der Waals surface area contributed by atoms with Crippen LogP contribution in [0.1, 0.15) is 24.0 Å².